The number of nitrogens with one attached hydrogen (secondary N) is 2. The highest BCUT2D eigenvalue weighted by molar-refractivity contribution is 6.25. The summed E-state index contributed by atoms with van der Waals surface area (Å²) in [5.41, 5.74) is 1.64. The standard InChI is InChI=1S/C25H26N4O6.ClH/c30-21-9-8-20(23(31)27-21)29-24(32)18-2-1-3-19(22(18)25(29)33)26-16-4-6-17(7-5-16)35-15-12-28-10-13-34-14-11-28;/h1-7,20,26H,8-15H2,(H,27,30,31);1H. The number of ether oxygens (including phenoxy) is 2. The molecule has 0 saturated carbocycles. The number of halogens is 1. The fourth-order valence-electron chi connectivity index (χ4n) is 4.53. The summed E-state index contributed by atoms with van der Waals surface area (Å²) in [4.78, 5) is 53.2. The average Bonchev–Trinajstić information content (AvgIpc) is 3.12. The summed E-state index contributed by atoms with van der Waals surface area (Å²) < 4.78 is 11.2. The van der Waals surface area contributed by atoms with Crippen LogP contribution in [-0.2, 0) is 14.3 Å². The summed E-state index contributed by atoms with van der Waals surface area (Å²) in [6.45, 7) is 4.74. The van der Waals surface area contributed by atoms with E-state index < -0.39 is 29.7 Å². The molecule has 2 aromatic rings. The van der Waals surface area contributed by atoms with Gasteiger partial charge in [0.15, 0.2) is 0 Å². The summed E-state index contributed by atoms with van der Waals surface area (Å²) in [5, 5.41) is 5.41. The highest BCUT2D eigenvalue weighted by atomic mass is 35.5. The Balaban J connectivity index is 0.00000304. The van der Waals surface area contributed by atoms with Crippen molar-refractivity contribution in [2.45, 2.75) is 18.9 Å². The second-order valence-electron chi connectivity index (χ2n) is 8.63. The SMILES string of the molecule is Cl.O=C1CCC(N2C(=O)c3cccc(Nc4ccc(OCCN5CCOCC5)cc4)c3C2=O)C(=O)N1. The van der Waals surface area contributed by atoms with Gasteiger partial charge in [-0.3, -0.25) is 34.3 Å². The van der Waals surface area contributed by atoms with E-state index in [4.69, 9.17) is 9.47 Å². The Kier molecular flexibility index (Phi) is 7.88. The molecule has 2 saturated heterocycles. The van der Waals surface area contributed by atoms with Crippen LogP contribution in [0.5, 0.6) is 5.75 Å². The molecule has 2 aromatic carbocycles. The van der Waals surface area contributed by atoms with Crippen molar-refractivity contribution in [2.75, 3.05) is 44.8 Å². The summed E-state index contributed by atoms with van der Waals surface area (Å²) >= 11 is 0. The van der Waals surface area contributed by atoms with Crippen LogP contribution in [0.3, 0.4) is 0 Å². The molecule has 36 heavy (non-hydrogen) atoms. The predicted octanol–water partition coefficient (Wildman–Crippen LogP) is 1.96. The van der Waals surface area contributed by atoms with Gasteiger partial charge in [0.1, 0.15) is 18.4 Å². The average molecular weight is 515 g/mol. The largest absolute Gasteiger partial charge is 0.492 e. The molecule has 10 nitrogen and oxygen atoms in total. The molecule has 2 fully saturated rings. The normalized spacial score (nSPS) is 20.0. The van der Waals surface area contributed by atoms with Gasteiger partial charge < -0.3 is 14.8 Å². The highest BCUT2D eigenvalue weighted by Gasteiger charge is 2.45. The van der Waals surface area contributed by atoms with Gasteiger partial charge >= 0.3 is 0 Å². The Morgan fingerprint density at radius 2 is 1.75 bits per heavy atom. The fourth-order valence-corrected chi connectivity index (χ4v) is 4.53. The van der Waals surface area contributed by atoms with E-state index in [0.717, 1.165) is 49.2 Å². The first-order chi connectivity index (χ1) is 17.0. The van der Waals surface area contributed by atoms with E-state index in [2.05, 4.69) is 15.5 Å². The van der Waals surface area contributed by atoms with Crippen molar-refractivity contribution in [1.29, 1.82) is 0 Å². The summed E-state index contributed by atoms with van der Waals surface area (Å²) in [6.07, 6.45) is 0.196. The van der Waals surface area contributed by atoms with Crippen LogP contribution in [0.25, 0.3) is 0 Å². The van der Waals surface area contributed by atoms with E-state index in [1.54, 1.807) is 18.2 Å². The van der Waals surface area contributed by atoms with Crippen molar-refractivity contribution >= 4 is 47.4 Å². The molecule has 1 atom stereocenters. The van der Waals surface area contributed by atoms with Crippen LogP contribution in [-0.4, -0.2) is 78.9 Å². The van der Waals surface area contributed by atoms with E-state index in [-0.39, 0.29) is 36.4 Å². The fraction of sp³-hybridized carbons (Fsp3) is 0.360. The number of morpholine rings is 1. The molecule has 5 rings (SSSR count). The molecular weight excluding hydrogens is 488 g/mol. The van der Waals surface area contributed by atoms with Crippen LogP contribution >= 0.6 is 12.4 Å². The zero-order valence-electron chi connectivity index (χ0n) is 19.5. The van der Waals surface area contributed by atoms with Gasteiger partial charge in [-0.2, -0.15) is 0 Å². The minimum atomic E-state index is -0.998. The van der Waals surface area contributed by atoms with E-state index in [0.29, 0.717) is 12.3 Å². The Morgan fingerprint density at radius 1 is 1.00 bits per heavy atom. The number of amides is 4. The number of nitrogens with zero attached hydrogens (tertiary/aromatic N) is 2. The van der Waals surface area contributed by atoms with Gasteiger partial charge in [-0.1, -0.05) is 6.07 Å². The van der Waals surface area contributed by atoms with Crippen LogP contribution in [0.4, 0.5) is 11.4 Å². The zero-order chi connectivity index (χ0) is 24.4. The first kappa shape index (κ1) is 25.6. The molecular formula is C25H27ClN4O6. The van der Waals surface area contributed by atoms with Gasteiger partial charge in [-0.05, 0) is 42.8 Å². The van der Waals surface area contributed by atoms with Crippen molar-refractivity contribution in [2.24, 2.45) is 0 Å². The first-order valence-corrected chi connectivity index (χ1v) is 11.7. The lowest BCUT2D eigenvalue weighted by molar-refractivity contribution is -0.136. The Labute approximate surface area is 214 Å². The van der Waals surface area contributed by atoms with Crippen LogP contribution in [0.1, 0.15) is 33.6 Å². The number of carbonyl (C=O) groups is 4. The van der Waals surface area contributed by atoms with Crippen LogP contribution in [0.15, 0.2) is 42.5 Å². The van der Waals surface area contributed by atoms with Gasteiger partial charge in [0.2, 0.25) is 11.8 Å². The Morgan fingerprint density at radius 3 is 2.47 bits per heavy atom. The maximum atomic E-state index is 13.2. The Bertz CT molecular complexity index is 1170. The molecule has 3 heterocycles. The quantitative estimate of drug-likeness (QED) is 0.539. The summed E-state index contributed by atoms with van der Waals surface area (Å²) in [6, 6.07) is 11.3. The molecule has 0 spiro atoms. The topological polar surface area (TPSA) is 117 Å². The minimum absolute atomic E-state index is 0. The maximum Gasteiger partial charge on any atom is 0.264 e. The van der Waals surface area contributed by atoms with Gasteiger partial charge in [-0.15, -0.1) is 12.4 Å². The second kappa shape index (κ2) is 11.1. The molecule has 2 N–H and O–H groups in total. The molecule has 0 radical (unpaired) electrons. The zero-order valence-corrected chi connectivity index (χ0v) is 20.3. The molecule has 0 aliphatic carbocycles. The number of hydrogen-bond donors (Lipinski definition) is 2. The number of anilines is 2. The van der Waals surface area contributed by atoms with Gasteiger partial charge in [0.25, 0.3) is 11.8 Å². The number of carbonyl (C=O) groups excluding carboxylic acids is 4. The van der Waals surface area contributed by atoms with Crippen LogP contribution in [0, 0.1) is 0 Å². The van der Waals surface area contributed by atoms with E-state index in [1.165, 1.54) is 0 Å². The van der Waals surface area contributed by atoms with Gasteiger partial charge in [0, 0.05) is 31.7 Å². The number of piperidine rings is 1. The minimum Gasteiger partial charge on any atom is -0.492 e. The number of imide groups is 2. The monoisotopic (exact) mass is 514 g/mol. The van der Waals surface area contributed by atoms with E-state index in [1.807, 2.05) is 24.3 Å². The van der Waals surface area contributed by atoms with Crippen molar-refractivity contribution < 1.29 is 28.7 Å². The van der Waals surface area contributed by atoms with Gasteiger partial charge in [0.05, 0.1) is 30.0 Å². The number of hydrogen-bond acceptors (Lipinski definition) is 8. The van der Waals surface area contributed by atoms with E-state index >= 15 is 0 Å². The molecule has 0 bridgehead atoms. The Hall–Kier alpha value is -3.47. The third-order valence-corrected chi connectivity index (χ3v) is 6.38. The first-order valence-electron chi connectivity index (χ1n) is 11.7. The third kappa shape index (κ3) is 5.20. The number of benzene rings is 2. The summed E-state index contributed by atoms with van der Waals surface area (Å²) in [7, 11) is 0. The molecule has 3 aliphatic heterocycles. The molecule has 3 aliphatic rings. The molecule has 1 unspecified atom stereocenters. The molecule has 11 heteroatoms. The van der Waals surface area contributed by atoms with Crippen LogP contribution < -0.4 is 15.4 Å². The van der Waals surface area contributed by atoms with Crippen molar-refractivity contribution in [3.63, 3.8) is 0 Å². The van der Waals surface area contributed by atoms with Gasteiger partial charge in [-0.25, -0.2) is 0 Å². The number of rotatable bonds is 7. The number of fused-ring (bicyclic) bond motifs is 1. The lowest BCUT2D eigenvalue weighted by atomic mass is 10.0. The molecule has 0 aromatic heterocycles. The highest BCUT2D eigenvalue weighted by Crippen LogP contribution is 2.34. The smallest absolute Gasteiger partial charge is 0.264 e. The second-order valence-corrected chi connectivity index (χ2v) is 8.63. The van der Waals surface area contributed by atoms with Crippen LogP contribution in [0.2, 0.25) is 0 Å². The summed E-state index contributed by atoms with van der Waals surface area (Å²) in [5.74, 6) is -1.39. The molecule has 190 valence electrons. The van der Waals surface area contributed by atoms with Crippen molar-refractivity contribution in [3.8, 4) is 5.75 Å². The lowest BCUT2D eigenvalue weighted by Crippen LogP contribution is -2.54. The third-order valence-electron chi connectivity index (χ3n) is 6.38. The maximum absolute atomic E-state index is 13.2. The molecule has 4 amide bonds. The van der Waals surface area contributed by atoms with Crippen molar-refractivity contribution in [3.05, 3.63) is 53.6 Å². The van der Waals surface area contributed by atoms with Crippen molar-refractivity contribution in [1.82, 2.24) is 15.1 Å². The lowest BCUT2D eigenvalue weighted by Gasteiger charge is -2.27. The van der Waals surface area contributed by atoms with E-state index in [9.17, 15) is 19.2 Å². The predicted molar refractivity (Wildman–Crippen MR) is 133 cm³/mol.